The van der Waals surface area contributed by atoms with Crippen LogP contribution in [0.2, 0.25) is 0 Å². The van der Waals surface area contributed by atoms with Gasteiger partial charge in [-0.15, -0.1) is 11.3 Å². The number of hydrogen-bond donors (Lipinski definition) is 1. The van der Waals surface area contributed by atoms with Gasteiger partial charge in [0.1, 0.15) is 5.69 Å². The summed E-state index contributed by atoms with van der Waals surface area (Å²) >= 11 is 1.71. The summed E-state index contributed by atoms with van der Waals surface area (Å²) in [5.74, 6) is -2.79. The molecule has 32 heavy (non-hydrogen) atoms. The van der Waals surface area contributed by atoms with Gasteiger partial charge in [-0.3, -0.25) is 4.79 Å². The summed E-state index contributed by atoms with van der Waals surface area (Å²) in [6.07, 6.45) is 2.20. The van der Waals surface area contributed by atoms with E-state index < -0.39 is 12.1 Å². The number of aromatic nitrogens is 1. The molecule has 1 saturated heterocycles. The molecular weight excluding hydrogens is 441 g/mol. The zero-order valence-corrected chi connectivity index (χ0v) is 17.8. The lowest BCUT2D eigenvalue weighted by atomic mass is 10.1. The predicted octanol–water partition coefficient (Wildman–Crippen LogP) is 5.78. The minimum Gasteiger partial charge on any atom is -0.475 e. The first kappa shape index (κ1) is 23.5. The van der Waals surface area contributed by atoms with Gasteiger partial charge in [0.05, 0.1) is 10.6 Å². The van der Waals surface area contributed by atoms with Gasteiger partial charge in [0.15, 0.2) is 0 Å². The number of halogens is 3. The molecule has 0 aliphatic carbocycles. The summed E-state index contributed by atoms with van der Waals surface area (Å²) in [6.45, 7) is 2.08. The Balaban J connectivity index is 0.000000360. The number of aliphatic carboxylic acids is 1. The van der Waals surface area contributed by atoms with Crippen LogP contribution in [-0.2, 0) is 4.79 Å². The smallest absolute Gasteiger partial charge is 0.475 e. The highest BCUT2D eigenvalue weighted by Crippen LogP contribution is 2.32. The fourth-order valence-corrected chi connectivity index (χ4v) is 4.18. The Bertz CT molecular complexity index is 1090. The van der Waals surface area contributed by atoms with Crippen LogP contribution in [0.3, 0.4) is 0 Å². The molecule has 4 rings (SSSR count). The number of hydrogen-bond acceptors (Lipinski definition) is 5. The summed E-state index contributed by atoms with van der Waals surface area (Å²) in [7, 11) is 0. The third kappa shape index (κ3) is 6.40. The monoisotopic (exact) mass is 462 g/mol. The van der Waals surface area contributed by atoms with E-state index in [1.165, 1.54) is 29.3 Å². The van der Waals surface area contributed by atoms with Crippen molar-refractivity contribution >= 4 is 33.2 Å². The first-order valence-electron chi connectivity index (χ1n) is 9.97. The van der Waals surface area contributed by atoms with Crippen LogP contribution in [0.1, 0.15) is 29.8 Å². The Labute approximate surface area is 186 Å². The van der Waals surface area contributed by atoms with E-state index in [1.54, 1.807) is 23.5 Å². The van der Waals surface area contributed by atoms with Gasteiger partial charge in [-0.1, -0.05) is 24.3 Å². The van der Waals surface area contributed by atoms with Gasteiger partial charge >= 0.3 is 12.1 Å². The molecule has 0 bridgehead atoms. The first-order chi connectivity index (χ1) is 15.2. The van der Waals surface area contributed by atoms with Crippen molar-refractivity contribution in [1.82, 2.24) is 9.88 Å². The van der Waals surface area contributed by atoms with Crippen molar-refractivity contribution in [2.24, 2.45) is 0 Å². The number of likely N-dealkylation sites (tertiary alicyclic amines) is 1. The standard InChI is InChI=1S/C21H20N2OS.C2HF3O2/c24-19(11-14-23-12-4-1-5-13-23)17-8-6-9-18(22-17)21-15-16-7-2-3-10-20(16)25-21;3-2(4,5)1(6)7/h2-3,6-11,14-15H,1,4-5,12-13H2;(H,6,7). The molecule has 0 radical (unpaired) electrons. The van der Waals surface area contributed by atoms with Gasteiger partial charge in [-0.2, -0.15) is 13.2 Å². The van der Waals surface area contributed by atoms with Crippen molar-refractivity contribution in [1.29, 1.82) is 0 Å². The third-order valence-electron chi connectivity index (χ3n) is 4.75. The molecule has 5 nitrogen and oxygen atoms in total. The molecule has 3 heterocycles. The summed E-state index contributed by atoms with van der Waals surface area (Å²) in [5, 5.41) is 8.34. The highest BCUT2D eigenvalue weighted by atomic mass is 32.1. The molecule has 0 saturated carbocycles. The zero-order chi connectivity index (χ0) is 23.1. The van der Waals surface area contributed by atoms with Gasteiger partial charge in [0.25, 0.3) is 0 Å². The van der Waals surface area contributed by atoms with Crippen LogP contribution < -0.4 is 0 Å². The van der Waals surface area contributed by atoms with E-state index in [9.17, 15) is 18.0 Å². The van der Waals surface area contributed by atoms with E-state index in [0.29, 0.717) is 5.69 Å². The lowest BCUT2D eigenvalue weighted by molar-refractivity contribution is -0.192. The number of thiophene rings is 1. The second kappa shape index (κ2) is 10.4. The second-order valence-corrected chi connectivity index (χ2v) is 8.22. The van der Waals surface area contributed by atoms with Crippen molar-refractivity contribution in [3.8, 4) is 10.6 Å². The van der Waals surface area contributed by atoms with Crippen molar-refractivity contribution < 1.29 is 27.9 Å². The Morgan fingerprint density at radius 2 is 1.72 bits per heavy atom. The van der Waals surface area contributed by atoms with Crippen molar-refractivity contribution in [2.45, 2.75) is 25.4 Å². The number of fused-ring (bicyclic) bond motifs is 1. The third-order valence-corrected chi connectivity index (χ3v) is 5.89. The molecule has 3 aromatic rings. The molecule has 2 aromatic heterocycles. The Hall–Kier alpha value is -3.20. The molecule has 1 aromatic carbocycles. The normalized spacial score (nSPS) is 14.3. The number of benzene rings is 1. The van der Waals surface area contributed by atoms with Crippen LogP contribution in [-0.4, -0.2) is 46.0 Å². The highest BCUT2D eigenvalue weighted by Gasteiger charge is 2.38. The topological polar surface area (TPSA) is 70.5 Å². The maximum atomic E-state index is 12.5. The molecule has 1 N–H and O–H groups in total. The molecule has 168 valence electrons. The Morgan fingerprint density at radius 1 is 1.03 bits per heavy atom. The van der Waals surface area contributed by atoms with Gasteiger partial charge in [0.2, 0.25) is 5.78 Å². The van der Waals surface area contributed by atoms with E-state index in [-0.39, 0.29) is 5.78 Å². The van der Waals surface area contributed by atoms with Crippen LogP contribution in [0, 0.1) is 0 Å². The van der Waals surface area contributed by atoms with Crippen LogP contribution in [0.4, 0.5) is 13.2 Å². The molecule has 0 amide bonds. The molecule has 9 heteroatoms. The highest BCUT2D eigenvalue weighted by molar-refractivity contribution is 7.22. The minimum atomic E-state index is -5.08. The second-order valence-electron chi connectivity index (χ2n) is 7.14. The number of rotatable bonds is 4. The molecule has 1 aliphatic rings. The number of alkyl halides is 3. The number of nitrogens with zero attached hydrogens (tertiary/aromatic N) is 2. The van der Waals surface area contributed by atoms with Crippen LogP contribution >= 0.6 is 11.3 Å². The van der Waals surface area contributed by atoms with Crippen molar-refractivity contribution in [3.63, 3.8) is 0 Å². The van der Waals surface area contributed by atoms with E-state index in [0.717, 1.165) is 23.7 Å². The van der Waals surface area contributed by atoms with E-state index >= 15 is 0 Å². The molecule has 0 atom stereocenters. The number of carbonyl (C=O) groups is 2. The Kier molecular flexibility index (Phi) is 7.63. The molecular formula is C23H21F3N2O3S. The number of carboxylic acid groups (broad SMARTS) is 1. The van der Waals surface area contributed by atoms with E-state index in [1.807, 2.05) is 30.5 Å². The summed E-state index contributed by atoms with van der Waals surface area (Å²) in [4.78, 5) is 29.3. The van der Waals surface area contributed by atoms with Crippen LogP contribution in [0.5, 0.6) is 0 Å². The van der Waals surface area contributed by atoms with Gasteiger partial charge in [0, 0.05) is 30.1 Å². The number of piperidine rings is 1. The molecule has 1 fully saturated rings. The van der Waals surface area contributed by atoms with Gasteiger partial charge in [-0.05, 0) is 48.9 Å². The maximum absolute atomic E-state index is 12.5. The Morgan fingerprint density at radius 3 is 2.38 bits per heavy atom. The molecule has 1 aliphatic heterocycles. The van der Waals surface area contributed by atoms with Crippen molar-refractivity contribution in [3.05, 3.63) is 66.5 Å². The van der Waals surface area contributed by atoms with Gasteiger partial charge in [-0.25, -0.2) is 9.78 Å². The quantitative estimate of drug-likeness (QED) is 0.393. The molecule has 0 spiro atoms. The maximum Gasteiger partial charge on any atom is 0.490 e. The number of allylic oxidation sites excluding steroid dienone is 1. The molecule has 0 unspecified atom stereocenters. The summed E-state index contributed by atoms with van der Waals surface area (Å²) in [5.41, 5.74) is 1.36. The lowest BCUT2D eigenvalue weighted by Gasteiger charge is -2.24. The fourth-order valence-electron chi connectivity index (χ4n) is 3.14. The summed E-state index contributed by atoms with van der Waals surface area (Å²) < 4.78 is 33.0. The number of pyridine rings is 1. The number of carbonyl (C=O) groups excluding carboxylic acids is 1. The average Bonchev–Trinajstić information content (AvgIpc) is 3.22. The lowest BCUT2D eigenvalue weighted by Crippen LogP contribution is -2.24. The number of carboxylic acids is 1. The fraction of sp³-hybridized carbons (Fsp3) is 0.261. The predicted molar refractivity (Wildman–Crippen MR) is 118 cm³/mol. The van der Waals surface area contributed by atoms with E-state index in [2.05, 4.69) is 28.1 Å². The van der Waals surface area contributed by atoms with E-state index in [4.69, 9.17) is 9.90 Å². The van der Waals surface area contributed by atoms with Gasteiger partial charge < -0.3 is 10.0 Å². The average molecular weight is 462 g/mol. The van der Waals surface area contributed by atoms with Crippen LogP contribution in [0.15, 0.2) is 60.8 Å². The minimum absolute atomic E-state index is 0.0338. The summed E-state index contributed by atoms with van der Waals surface area (Å²) in [6, 6.07) is 16.1. The number of ketones is 1. The zero-order valence-electron chi connectivity index (χ0n) is 17.0. The van der Waals surface area contributed by atoms with Crippen LogP contribution in [0.25, 0.3) is 20.7 Å². The first-order valence-corrected chi connectivity index (χ1v) is 10.8. The largest absolute Gasteiger partial charge is 0.490 e. The SMILES string of the molecule is O=C(C=CN1CCCCC1)c1cccc(-c2cc3ccccc3s2)n1.O=C(O)C(F)(F)F. The van der Waals surface area contributed by atoms with Crippen molar-refractivity contribution in [2.75, 3.05) is 13.1 Å².